The Hall–Kier alpha value is -2.54. The molecule has 0 fully saturated rings. The highest BCUT2D eigenvalue weighted by Gasteiger charge is 2.13. The zero-order valence-electron chi connectivity index (χ0n) is 10.1. The molecule has 2 rings (SSSR count). The Bertz CT molecular complexity index is 660. The standard InChI is InChI=1S/C13H10N2O4S/c16-13(17)9-4-3-5-10(8-9)14-20-12-7-2-1-6-11(12)15(18)19/h1-8,14H,(H,16,17). The Balaban J connectivity index is 2.15. The molecule has 0 atom stereocenters. The summed E-state index contributed by atoms with van der Waals surface area (Å²) < 4.78 is 2.90. The Morgan fingerprint density at radius 3 is 2.65 bits per heavy atom. The maximum Gasteiger partial charge on any atom is 0.335 e. The lowest BCUT2D eigenvalue weighted by Gasteiger charge is -2.06. The van der Waals surface area contributed by atoms with E-state index in [-0.39, 0.29) is 11.3 Å². The average molecular weight is 290 g/mol. The van der Waals surface area contributed by atoms with E-state index in [9.17, 15) is 14.9 Å². The first-order valence-corrected chi connectivity index (χ1v) is 6.39. The number of para-hydroxylation sites is 1. The maximum absolute atomic E-state index is 10.9. The van der Waals surface area contributed by atoms with Gasteiger partial charge in [0.25, 0.3) is 5.69 Å². The number of carboxylic acid groups (broad SMARTS) is 1. The Labute approximate surface area is 118 Å². The molecule has 0 radical (unpaired) electrons. The van der Waals surface area contributed by atoms with Crippen molar-refractivity contribution in [1.29, 1.82) is 0 Å². The summed E-state index contributed by atoms with van der Waals surface area (Å²) in [5.41, 5.74) is 0.714. The van der Waals surface area contributed by atoms with Gasteiger partial charge in [-0.1, -0.05) is 18.2 Å². The van der Waals surface area contributed by atoms with Gasteiger partial charge < -0.3 is 9.83 Å². The molecule has 2 aromatic carbocycles. The molecule has 0 aliphatic carbocycles. The molecule has 0 saturated heterocycles. The number of hydrogen-bond acceptors (Lipinski definition) is 5. The Morgan fingerprint density at radius 2 is 1.95 bits per heavy atom. The molecule has 0 bridgehead atoms. The van der Waals surface area contributed by atoms with E-state index in [0.29, 0.717) is 10.6 Å². The van der Waals surface area contributed by atoms with E-state index in [1.54, 1.807) is 30.3 Å². The van der Waals surface area contributed by atoms with Crippen LogP contribution in [0.4, 0.5) is 11.4 Å². The van der Waals surface area contributed by atoms with Crippen molar-refractivity contribution in [1.82, 2.24) is 0 Å². The van der Waals surface area contributed by atoms with Crippen LogP contribution in [0.2, 0.25) is 0 Å². The number of rotatable bonds is 5. The van der Waals surface area contributed by atoms with Crippen molar-refractivity contribution in [3.05, 3.63) is 64.2 Å². The fourth-order valence-electron chi connectivity index (χ4n) is 1.52. The number of carboxylic acids is 1. The first kappa shape index (κ1) is 13.9. The fourth-order valence-corrected chi connectivity index (χ4v) is 2.27. The minimum absolute atomic E-state index is 0.000566. The van der Waals surface area contributed by atoms with E-state index < -0.39 is 10.9 Å². The van der Waals surface area contributed by atoms with E-state index >= 15 is 0 Å². The molecule has 6 nitrogen and oxygen atoms in total. The Kier molecular flexibility index (Phi) is 4.21. The molecule has 0 heterocycles. The van der Waals surface area contributed by atoms with E-state index in [4.69, 9.17) is 5.11 Å². The molecule has 102 valence electrons. The van der Waals surface area contributed by atoms with Crippen molar-refractivity contribution < 1.29 is 14.8 Å². The first-order valence-electron chi connectivity index (χ1n) is 5.57. The topological polar surface area (TPSA) is 92.5 Å². The molecule has 7 heteroatoms. The molecule has 2 aromatic rings. The van der Waals surface area contributed by atoms with Crippen LogP contribution in [0, 0.1) is 10.1 Å². The summed E-state index contributed by atoms with van der Waals surface area (Å²) in [5, 5.41) is 19.8. The number of nitro groups is 1. The fraction of sp³-hybridized carbons (Fsp3) is 0. The van der Waals surface area contributed by atoms with Crippen LogP contribution in [0.1, 0.15) is 10.4 Å². The average Bonchev–Trinajstić information content (AvgIpc) is 2.45. The lowest BCUT2D eigenvalue weighted by Crippen LogP contribution is -1.97. The van der Waals surface area contributed by atoms with E-state index in [0.717, 1.165) is 11.9 Å². The van der Waals surface area contributed by atoms with Crippen LogP contribution in [0.15, 0.2) is 53.4 Å². The SMILES string of the molecule is O=C(O)c1cccc(NSc2ccccc2[N+](=O)[O-])c1. The molecule has 0 spiro atoms. The maximum atomic E-state index is 10.9. The van der Waals surface area contributed by atoms with Gasteiger partial charge >= 0.3 is 5.97 Å². The summed E-state index contributed by atoms with van der Waals surface area (Å²) >= 11 is 1.06. The first-order chi connectivity index (χ1) is 9.58. The third-order valence-corrected chi connectivity index (χ3v) is 3.35. The summed E-state index contributed by atoms with van der Waals surface area (Å²) in [6.45, 7) is 0. The van der Waals surface area contributed by atoms with Gasteiger partial charge in [0.1, 0.15) is 4.90 Å². The van der Waals surface area contributed by atoms with Gasteiger partial charge in [-0.05, 0) is 36.2 Å². The second-order valence-electron chi connectivity index (χ2n) is 3.81. The second-order valence-corrected chi connectivity index (χ2v) is 4.66. The van der Waals surface area contributed by atoms with Gasteiger partial charge in [-0.3, -0.25) is 10.1 Å². The van der Waals surface area contributed by atoms with Crippen LogP contribution < -0.4 is 4.72 Å². The largest absolute Gasteiger partial charge is 0.478 e. The third-order valence-electron chi connectivity index (χ3n) is 2.45. The van der Waals surface area contributed by atoms with Gasteiger partial charge in [-0.25, -0.2) is 4.79 Å². The zero-order chi connectivity index (χ0) is 14.5. The number of nitro benzene ring substituents is 1. The smallest absolute Gasteiger partial charge is 0.335 e. The van der Waals surface area contributed by atoms with Crippen molar-refractivity contribution in [3.8, 4) is 0 Å². The number of aromatic carboxylic acids is 1. The number of carbonyl (C=O) groups is 1. The molecular weight excluding hydrogens is 280 g/mol. The van der Waals surface area contributed by atoms with Crippen molar-refractivity contribution in [2.45, 2.75) is 4.90 Å². The minimum Gasteiger partial charge on any atom is -0.478 e. The van der Waals surface area contributed by atoms with Gasteiger partial charge in [0.2, 0.25) is 0 Å². The number of anilines is 1. The third kappa shape index (κ3) is 3.27. The van der Waals surface area contributed by atoms with Gasteiger partial charge in [0, 0.05) is 11.8 Å². The van der Waals surface area contributed by atoms with E-state index in [1.165, 1.54) is 18.2 Å². The van der Waals surface area contributed by atoms with E-state index in [2.05, 4.69) is 4.72 Å². The van der Waals surface area contributed by atoms with Crippen molar-refractivity contribution in [3.63, 3.8) is 0 Å². The van der Waals surface area contributed by atoms with Crippen LogP contribution in [-0.4, -0.2) is 16.0 Å². The lowest BCUT2D eigenvalue weighted by atomic mass is 10.2. The summed E-state index contributed by atoms with van der Waals surface area (Å²) in [6.07, 6.45) is 0. The lowest BCUT2D eigenvalue weighted by molar-refractivity contribution is -0.387. The molecule has 0 aliphatic heterocycles. The Morgan fingerprint density at radius 1 is 1.20 bits per heavy atom. The normalized spacial score (nSPS) is 10.0. The van der Waals surface area contributed by atoms with Crippen LogP contribution in [0.25, 0.3) is 0 Å². The summed E-state index contributed by atoms with van der Waals surface area (Å²) in [4.78, 5) is 21.7. The molecule has 0 unspecified atom stereocenters. The van der Waals surface area contributed by atoms with Crippen LogP contribution in [0.5, 0.6) is 0 Å². The molecule has 0 saturated carbocycles. The van der Waals surface area contributed by atoms with Crippen LogP contribution in [-0.2, 0) is 0 Å². The van der Waals surface area contributed by atoms with E-state index in [1.807, 2.05) is 0 Å². The van der Waals surface area contributed by atoms with Crippen LogP contribution >= 0.6 is 11.9 Å². The molecule has 2 N–H and O–H groups in total. The molecule has 20 heavy (non-hydrogen) atoms. The highest BCUT2D eigenvalue weighted by Crippen LogP contribution is 2.29. The number of nitrogens with zero attached hydrogens (tertiary/aromatic N) is 1. The van der Waals surface area contributed by atoms with Gasteiger partial charge in [0.15, 0.2) is 0 Å². The van der Waals surface area contributed by atoms with Crippen LogP contribution in [0.3, 0.4) is 0 Å². The van der Waals surface area contributed by atoms with Crippen molar-refractivity contribution in [2.24, 2.45) is 0 Å². The monoisotopic (exact) mass is 290 g/mol. The highest BCUT2D eigenvalue weighted by atomic mass is 32.2. The molecular formula is C13H10N2O4S. The second kappa shape index (κ2) is 6.07. The molecule has 0 aliphatic rings. The van der Waals surface area contributed by atoms with Crippen molar-refractivity contribution in [2.75, 3.05) is 4.72 Å². The summed E-state index contributed by atoms with van der Waals surface area (Å²) in [6, 6.07) is 12.6. The minimum atomic E-state index is -1.02. The predicted octanol–water partition coefficient (Wildman–Crippen LogP) is 3.41. The van der Waals surface area contributed by atoms with Crippen molar-refractivity contribution >= 4 is 29.3 Å². The quantitative estimate of drug-likeness (QED) is 0.498. The van der Waals surface area contributed by atoms with Gasteiger partial charge in [-0.15, -0.1) is 0 Å². The predicted molar refractivity (Wildman–Crippen MR) is 76.0 cm³/mol. The van der Waals surface area contributed by atoms with Gasteiger partial charge in [-0.2, -0.15) is 0 Å². The zero-order valence-corrected chi connectivity index (χ0v) is 11.0. The summed E-state index contributed by atoms with van der Waals surface area (Å²) in [7, 11) is 0. The molecule has 0 amide bonds. The number of nitrogens with one attached hydrogen (secondary N) is 1. The number of hydrogen-bond donors (Lipinski definition) is 2. The summed E-state index contributed by atoms with van der Waals surface area (Å²) in [5.74, 6) is -1.02. The van der Waals surface area contributed by atoms with Gasteiger partial charge in [0.05, 0.1) is 10.5 Å². The molecule has 0 aromatic heterocycles. The highest BCUT2D eigenvalue weighted by molar-refractivity contribution is 8.00. The number of benzene rings is 2.